The molecule has 1 fully saturated rings. The molecule has 0 aliphatic heterocycles. The van der Waals surface area contributed by atoms with Gasteiger partial charge >= 0.3 is 0 Å². The Morgan fingerprint density at radius 3 is 2.59 bits per heavy atom. The van der Waals surface area contributed by atoms with Crippen LogP contribution in [0.25, 0.3) is 10.8 Å². The van der Waals surface area contributed by atoms with Gasteiger partial charge < -0.3 is 10.6 Å². The second-order valence-electron chi connectivity index (χ2n) is 6.14. The molecule has 1 saturated carbocycles. The summed E-state index contributed by atoms with van der Waals surface area (Å²) in [5, 5.41) is 2.48. The Hall–Kier alpha value is -1.87. The number of rotatable bonds is 5. The fraction of sp³-hybridized carbons (Fsp3) is 0.421. The summed E-state index contributed by atoms with van der Waals surface area (Å²) in [5.74, 6) is 0.197. The first kappa shape index (κ1) is 15.0. The summed E-state index contributed by atoms with van der Waals surface area (Å²) >= 11 is 0. The molecule has 0 spiro atoms. The molecule has 2 aromatic carbocycles. The molecule has 0 unspecified atom stereocenters. The first-order valence-electron chi connectivity index (χ1n) is 8.26. The van der Waals surface area contributed by atoms with Crippen LogP contribution in [0.15, 0.2) is 42.5 Å². The molecule has 0 radical (unpaired) electrons. The van der Waals surface area contributed by atoms with E-state index >= 15 is 0 Å². The summed E-state index contributed by atoms with van der Waals surface area (Å²) in [4.78, 5) is 14.6. The van der Waals surface area contributed by atoms with Crippen molar-refractivity contribution in [2.75, 3.05) is 6.54 Å². The van der Waals surface area contributed by atoms with Gasteiger partial charge in [0, 0.05) is 25.6 Å². The van der Waals surface area contributed by atoms with Gasteiger partial charge in [0.15, 0.2) is 0 Å². The number of carbonyl (C=O) groups is 1. The predicted molar refractivity (Wildman–Crippen MR) is 90.4 cm³/mol. The molecular weight excluding hydrogens is 272 g/mol. The van der Waals surface area contributed by atoms with Gasteiger partial charge in [0.1, 0.15) is 0 Å². The molecule has 1 aliphatic carbocycles. The Bertz CT molecular complexity index is 641. The van der Waals surface area contributed by atoms with Crippen LogP contribution in [-0.2, 0) is 11.3 Å². The monoisotopic (exact) mass is 296 g/mol. The van der Waals surface area contributed by atoms with Crippen LogP contribution in [0.1, 0.15) is 37.7 Å². The topological polar surface area (TPSA) is 46.3 Å². The molecule has 3 rings (SSSR count). The van der Waals surface area contributed by atoms with Crippen molar-refractivity contribution in [3.8, 4) is 0 Å². The largest absolute Gasteiger partial charge is 0.335 e. The number of hydrogen-bond donors (Lipinski definition) is 1. The minimum Gasteiger partial charge on any atom is -0.335 e. The van der Waals surface area contributed by atoms with E-state index in [1.54, 1.807) is 0 Å². The molecule has 0 heterocycles. The van der Waals surface area contributed by atoms with Crippen molar-refractivity contribution in [3.05, 3.63) is 48.0 Å². The third-order valence-electron chi connectivity index (χ3n) is 4.66. The van der Waals surface area contributed by atoms with Gasteiger partial charge in [-0.1, -0.05) is 55.3 Å². The van der Waals surface area contributed by atoms with Crippen molar-refractivity contribution in [1.82, 2.24) is 4.90 Å². The molecular formula is C19H24N2O. The SMILES string of the molecule is NCCC(=O)N(Cc1cccc2ccccc12)C1CCCC1. The molecule has 2 aromatic rings. The zero-order valence-corrected chi connectivity index (χ0v) is 13.0. The van der Waals surface area contributed by atoms with Crippen molar-refractivity contribution in [2.45, 2.75) is 44.7 Å². The molecule has 1 aliphatic rings. The van der Waals surface area contributed by atoms with E-state index in [0.717, 1.165) is 12.8 Å². The third kappa shape index (κ3) is 3.14. The third-order valence-corrected chi connectivity index (χ3v) is 4.66. The number of nitrogens with two attached hydrogens (primary N) is 1. The number of hydrogen-bond acceptors (Lipinski definition) is 2. The van der Waals surface area contributed by atoms with Crippen molar-refractivity contribution < 1.29 is 4.79 Å². The van der Waals surface area contributed by atoms with Crippen LogP contribution in [0.3, 0.4) is 0 Å². The lowest BCUT2D eigenvalue weighted by Gasteiger charge is -2.29. The van der Waals surface area contributed by atoms with Crippen LogP contribution < -0.4 is 5.73 Å². The summed E-state index contributed by atoms with van der Waals surface area (Å²) in [5.41, 5.74) is 6.83. The van der Waals surface area contributed by atoms with E-state index in [0.29, 0.717) is 25.6 Å². The minimum absolute atomic E-state index is 0.197. The van der Waals surface area contributed by atoms with Crippen LogP contribution >= 0.6 is 0 Å². The van der Waals surface area contributed by atoms with Gasteiger partial charge in [-0.2, -0.15) is 0 Å². The molecule has 0 atom stereocenters. The van der Waals surface area contributed by atoms with Crippen LogP contribution in [0.5, 0.6) is 0 Å². The smallest absolute Gasteiger partial charge is 0.224 e. The predicted octanol–water partition coefficient (Wildman–Crippen LogP) is 3.46. The lowest BCUT2D eigenvalue weighted by molar-refractivity contribution is -0.133. The lowest BCUT2D eigenvalue weighted by Crippen LogP contribution is -2.39. The zero-order valence-electron chi connectivity index (χ0n) is 13.0. The second kappa shape index (κ2) is 6.93. The Morgan fingerprint density at radius 2 is 1.82 bits per heavy atom. The zero-order chi connectivity index (χ0) is 15.4. The maximum atomic E-state index is 12.5. The van der Waals surface area contributed by atoms with E-state index in [-0.39, 0.29) is 5.91 Å². The van der Waals surface area contributed by atoms with Gasteiger partial charge in [-0.25, -0.2) is 0 Å². The first-order chi connectivity index (χ1) is 10.8. The molecule has 3 heteroatoms. The van der Waals surface area contributed by atoms with E-state index < -0.39 is 0 Å². The van der Waals surface area contributed by atoms with Gasteiger partial charge in [-0.15, -0.1) is 0 Å². The average Bonchev–Trinajstić information content (AvgIpc) is 3.07. The van der Waals surface area contributed by atoms with Gasteiger partial charge in [0.05, 0.1) is 0 Å². The Balaban J connectivity index is 1.89. The molecule has 3 nitrogen and oxygen atoms in total. The molecule has 2 N–H and O–H groups in total. The van der Waals surface area contributed by atoms with Crippen LogP contribution in [0.4, 0.5) is 0 Å². The number of nitrogens with zero attached hydrogens (tertiary/aromatic N) is 1. The van der Waals surface area contributed by atoms with Gasteiger partial charge in [0.25, 0.3) is 0 Å². The van der Waals surface area contributed by atoms with E-state index in [9.17, 15) is 4.79 Å². The van der Waals surface area contributed by atoms with Gasteiger partial charge in [-0.05, 0) is 29.2 Å². The number of carbonyl (C=O) groups excluding carboxylic acids is 1. The van der Waals surface area contributed by atoms with Crippen LogP contribution in [0.2, 0.25) is 0 Å². The van der Waals surface area contributed by atoms with Crippen LogP contribution in [-0.4, -0.2) is 23.4 Å². The second-order valence-corrected chi connectivity index (χ2v) is 6.14. The molecule has 0 aromatic heterocycles. The average molecular weight is 296 g/mol. The summed E-state index contributed by atoms with van der Waals surface area (Å²) in [6.45, 7) is 1.13. The number of fused-ring (bicyclic) bond motifs is 1. The highest BCUT2D eigenvalue weighted by Crippen LogP contribution is 2.27. The molecule has 1 amide bonds. The summed E-state index contributed by atoms with van der Waals surface area (Å²) < 4.78 is 0. The summed E-state index contributed by atoms with van der Waals surface area (Å²) in [6.07, 6.45) is 5.16. The van der Waals surface area contributed by atoms with E-state index in [1.807, 2.05) is 0 Å². The van der Waals surface area contributed by atoms with Crippen molar-refractivity contribution >= 4 is 16.7 Å². The summed E-state index contributed by atoms with van der Waals surface area (Å²) in [7, 11) is 0. The Kier molecular flexibility index (Phi) is 4.74. The van der Waals surface area contributed by atoms with Gasteiger partial charge in [-0.3, -0.25) is 4.79 Å². The van der Waals surface area contributed by atoms with E-state index in [1.165, 1.54) is 29.2 Å². The Morgan fingerprint density at radius 1 is 1.09 bits per heavy atom. The molecule has 0 bridgehead atoms. The van der Waals surface area contributed by atoms with Crippen LogP contribution in [0, 0.1) is 0 Å². The van der Waals surface area contributed by atoms with E-state index in [4.69, 9.17) is 5.73 Å². The van der Waals surface area contributed by atoms with Crippen molar-refractivity contribution in [1.29, 1.82) is 0 Å². The molecule has 0 saturated heterocycles. The highest BCUT2D eigenvalue weighted by atomic mass is 16.2. The maximum Gasteiger partial charge on any atom is 0.224 e. The maximum absolute atomic E-state index is 12.5. The standard InChI is InChI=1S/C19H24N2O/c20-13-12-19(22)21(17-9-2-3-10-17)14-16-8-5-7-15-6-1-4-11-18(15)16/h1,4-8,11,17H,2-3,9-10,12-14,20H2. The highest BCUT2D eigenvalue weighted by molar-refractivity contribution is 5.86. The van der Waals surface area contributed by atoms with Gasteiger partial charge in [0.2, 0.25) is 5.91 Å². The normalized spacial score (nSPS) is 15.3. The van der Waals surface area contributed by atoms with E-state index in [2.05, 4.69) is 47.4 Å². The van der Waals surface area contributed by atoms with Crippen molar-refractivity contribution in [2.24, 2.45) is 5.73 Å². The first-order valence-corrected chi connectivity index (χ1v) is 8.26. The Labute approximate surface area is 132 Å². The lowest BCUT2D eigenvalue weighted by atomic mass is 10.0. The fourth-order valence-corrected chi connectivity index (χ4v) is 3.52. The van der Waals surface area contributed by atoms with Crippen molar-refractivity contribution in [3.63, 3.8) is 0 Å². The molecule has 116 valence electrons. The number of amides is 1. The highest BCUT2D eigenvalue weighted by Gasteiger charge is 2.26. The fourth-order valence-electron chi connectivity index (χ4n) is 3.52. The summed E-state index contributed by atoms with van der Waals surface area (Å²) in [6, 6.07) is 15.1. The number of benzene rings is 2. The molecule has 22 heavy (non-hydrogen) atoms. The quantitative estimate of drug-likeness (QED) is 0.918. The minimum atomic E-state index is 0.197.